The van der Waals surface area contributed by atoms with Crippen LogP contribution in [0.2, 0.25) is 0 Å². The van der Waals surface area contributed by atoms with Crippen LogP contribution in [-0.2, 0) is 51.1 Å². The van der Waals surface area contributed by atoms with Crippen molar-refractivity contribution in [3.8, 4) is 0 Å². The number of hydrogen-bond donors (Lipinski definition) is 4. The Morgan fingerprint density at radius 3 is 1.23 bits per heavy atom. The minimum Gasteiger partial charge on any atom is -0.464 e. The van der Waals surface area contributed by atoms with Crippen molar-refractivity contribution in [2.24, 2.45) is 11.8 Å². The van der Waals surface area contributed by atoms with Crippen LogP contribution in [0, 0.1) is 11.8 Å². The van der Waals surface area contributed by atoms with Crippen molar-refractivity contribution in [1.82, 2.24) is 21.3 Å². The van der Waals surface area contributed by atoms with Gasteiger partial charge >= 0.3 is 11.9 Å². The maximum absolute atomic E-state index is 13.7. The Morgan fingerprint density at radius 1 is 0.659 bits per heavy atom. The second kappa shape index (κ2) is 16.8. The smallest absolute Gasteiger partial charge is 0.328 e. The van der Waals surface area contributed by atoms with E-state index in [-0.39, 0.29) is 37.9 Å². The summed E-state index contributed by atoms with van der Waals surface area (Å²) in [5, 5.41) is 10.9. The average Bonchev–Trinajstić information content (AvgIpc) is 2.89. The third-order valence-corrected chi connectivity index (χ3v) is 7.10. The number of ether oxygens (including phenoxy) is 2. The number of carbonyl (C=O) groups excluding carboxylic acids is 6. The van der Waals surface area contributed by atoms with Crippen LogP contribution in [0.25, 0.3) is 0 Å². The summed E-state index contributed by atoms with van der Waals surface area (Å²) in [5.41, 5.74) is -1.76. The van der Waals surface area contributed by atoms with E-state index in [0.717, 1.165) is 0 Å². The van der Waals surface area contributed by atoms with Crippen LogP contribution in [0.3, 0.4) is 0 Å². The molecule has 12 heteroatoms. The molecule has 0 aromatic heterocycles. The molecule has 4 atom stereocenters. The summed E-state index contributed by atoms with van der Waals surface area (Å²) in [5.74, 6) is -3.84. The zero-order valence-electron chi connectivity index (χ0n) is 27.7. The summed E-state index contributed by atoms with van der Waals surface area (Å²) in [6, 6.07) is 5.15. The molecule has 0 bridgehead atoms. The van der Waals surface area contributed by atoms with Crippen molar-refractivity contribution in [1.29, 1.82) is 0 Å². The van der Waals surface area contributed by atoms with Gasteiger partial charge in [0.15, 0.2) is 0 Å². The van der Waals surface area contributed by atoms with Gasteiger partial charge in [0, 0.05) is 26.7 Å². The standard InChI is InChI=1S/C32H50N4O8/c1-11-43-27(39)25(19(3)4)33-29(41)31(9,35-21(7)37)17-23-15-13-14-16-24(23)18-32(10,36-22(8)38)30(42)34-26(20(5)6)28(40)44-12-2/h13-16,19-20,25-26H,11-12,17-18H2,1-10H3,(H,33,41)(H,34,42)(H,35,37)(H,36,38)/t25-,26-,31+,32+/m0/s1. The van der Waals surface area contributed by atoms with E-state index in [2.05, 4.69) is 21.3 Å². The highest BCUT2D eigenvalue weighted by Crippen LogP contribution is 2.24. The molecule has 0 saturated heterocycles. The topological polar surface area (TPSA) is 169 Å². The first-order chi connectivity index (χ1) is 20.4. The number of rotatable bonds is 16. The van der Waals surface area contributed by atoms with E-state index >= 15 is 0 Å². The first-order valence-electron chi connectivity index (χ1n) is 15.0. The molecule has 0 heterocycles. The summed E-state index contributed by atoms with van der Waals surface area (Å²) >= 11 is 0. The molecular weight excluding hydrogens is 568 g/mol. The highest BCUT2D eigenvalue weighted by Gasteiger charge is 2.41. The van der Waals surface area contributed by atoms with Gasteiger partial charge in [0.25, 0.3) is 0 Å². The molecular formula is C32H50N4O8. The van der Waals surface area contributed by atoms with E-state index in [1.54, 1.807) is 79.7 Å². The zero-order chi connectivity index (χ0) is 33.8. The number of carbonyl (C=O) groups is 6. The fourth-order valence-corrected chi connectivity index (χ4v) is 4.86. The molecule has 0 aliphatic heterocycles. The molecule has 0 unspecified atom stereocenters. The molecule has 0 aliphatic rings. The van der Waals surface area contributed by atoms with Gasteiger partial charge in [-0.2, -0.15) is 0 Å². The van der Waals surface area contributed by atoms with Crippen LogP contribution in [0.1, 0.15) is 80.4 Å². The lowest BCUT2D eigenvalue weighted by atomic mass is 9.83. The van der Waals surface area contributed by atoms with Gasteiger partial charge in [0.1, 0.15) is 23.2 Å². The Morgan fingerprint density at radius 2 is 0.977 bits per heavy atom. The Kier molecular flexibility index (Phi) is 14.5. The van der Waals surface area contributed by atoms with Crippen molar-refractivity contribution in [3.05, 3.63) is 35.4 Å². The van der Waals surface area contributed by atoms with Crippen molar-refractivity contribution in [2.75, 3.05) is 13.2 Å². The van der Waals surface area contributed by atoms with Gasteiger partial charge < -0.3 is 30.7 Å². The molecule has 246 valence electrons. The first kappa shape index (κ1) is 38.1. The Hall–Kier alpha value is -3.96. The van der Waals surface area contributed by atoms with Crippen molar-refractivity contribution in [3.63, 3.8) is 0 Å². The summed E-state index contributed by atoms with van der Waals surface area (Å²) in [6.07, 6.45) is -0.00507. The Bertz CT molecular complexity index is 1110. The number of nitrogens with one attached hydrogen (secondary N) is 4. The van der Waals surface area contributed by atoms with Gasteiger partial charge in [-0.05, 0) is 50.7 Å². The first-order valence-corrected chi connectivity index (χ1v) is 15.0. The van der Waals surface area contributed by atoms with Gasteiger partial charge in [-0.1, -0.05) is 52.0 Å². The molecule has 1 aromatic rings. The molecule has 44 heavy (non-hydrogen) atoms. The third kappa shape index (κ3) is 10.9. The number of benzene rings is 1. The van der Waals surface area contributed by atoms with Crippen LogP contribution < -0.4 is 21.3 Å². The quantitative estimate of drug-likeness (QED) is 0.204. The summed E-state index contributed by atoms with van der Waals surface area (Å²) in [7, 11) is 0. The van der Waals surface area contributed by atoms with Crippen molar-refractivity contribution < 1.29 is 38.2 Å². The monoisotopic (exact) mass is 618 g/mol. The minimum absolute atomic E-state index is 0.00254. The van der Waals surface area contributed by atoms with Gasteiger partial charge in [-0.15, -0.1) is 0 Å². The largest absolute Gasteiger partial charge is 0.464 e. The van der Waals surface area contributed by atoms with E-state index in [4.69, 9.17) is 9.47 Å². The van der Waals surface area contributed by atoms with Crippen LogP contribution in [0.5, 0.6) is 0 Å². The normalized spacial score (nSPS) is 15.2. The van der Waals surface area contributed by atoms with E-state index in [1.807, 2.05) is 0 Å². The van der Waals surface area contributed by atoms with Gasteiger partial charge in [-0.25, -0.2) is 9.59 Å². The Balaban J connectivity index is 3.50. The van der Waals surface area contributed by atoms with Crippen LogP contribution in [0.4, 0.5) is 0 Å². The van der Waals surface area contributed by atoms with Gasteiger partial charge in [-0.3, -0.25) is 19.2 Å². The molecule has 0 spiro atoms. The number of amides is 4. The van der Waals surface area contributed by atoms with Crippen LogP contribution in [-0.4, -0.2) is 71.9 Å². The van der Waals surface area contributed by atoms with Crippen molar-refractivity contribution in [2.45, 2.75) is 105 Å². The number of esters is 2. The predicted octanol–water partition coefficient (Wildman–Crippen LogP) is 1.97. The molecule has 12 nitrogen and oxygen atoms in total. The van der Waals surface area contributed by atoms with Crippen molar-refractivity contribution >= 4 is 35.6 Å². The minimum atomic E-state index is -1.50. The fourth-order valence-electron chi connectivity index (χ4n) is 4.86. The van der Waals surface area contributed by atoms with E-state index in [0.29, 0.717) is 11.1 Å². The lowest BCUT2D eigenvalue weighted by Crippen LogP contribution is -2.62. The molecule has 0 aliphatic carbocycles. The second-order valence-electron chi connectivity index (χ2n) is 12.0. The Labute approximate surface area is 260 Å². The molecule has 0 radical (unpaired) electrons. The maximum Gasteiger partial charge on any atom is 0.328 e. The van der Waals surface area contributed by atoms with Crippen LogP contribution in [0.15, 0.2) is 24.3 Å². The summed E-state index contributed by atoms with van der Waals surface area (Å²) in [4.78, 5) is 77.0. The fraction of sp³-hybridized carbons (Fsp3) is 0.625. The molecule has 4 N–H and O–H groups in total. The molecule has 1 aromatic carbocycles. The molecule has 4 amide bonds. The lowest BCUT2D eigenvalue weighted by Gasteiger charge is -2.34. The third-order valence-electron chi connectivity index (χ3n) is 7.10. The highest BCUT2D eigenvalue weighted by molar-refractivity contribution is 5.95. The average molecular weight is 619 g/mol. The highest BCUT2D eigenvalue weighted by atomic mass is 16.5. The van der Waals surface area contributed by atoms with E-state index < -0.39 is 58.7 Å². The van der Waals surface area contributed by atoms with E-state index in [1.165, 1.54) is 13.8 Å². The predicted molar refractivity (Wildman–Crippen MR) is 165 cm³/mol. The molecule has 0 fully saturated rings. The SMILES string of the molecule is CCOC(=O)[C@@H](NC(=O)[C@@](C)(Cc1ccccc1C[C@@](C)(NC(C)=O)C(=O)N[C@H](C(=O)OCC)C(C)C)NC(C)=O)C(C)C. The lowest BCUT2D eigenvalue weighted by molar-refractivity contribution is -0.150. The second-order valence-corrected chi connectivity index (χ2v) is 12.0. The van der Waals surface area contributed by atoms with Crippen LogP contribution >= 0.6 is 0 Å². The number of hydrogen-bond acceptors (Lipinski definition) is 8. The van der Waals surface area contributed by atoms with Gasteiger partial charge in [0.2, 0.25) is 23.6 Å². The molecule has 0 saturated carbocycles. The van der Waals surface area contributed by atoms with E-state index in [9.17, 15) is 28.8 Å². The maximum atomic E-state index is 13.7. The van der Waals surface area contributed by atoms with Gasteiger partial charge in [0.05, 0.1) is 13.2 Å². The molecule has 1 rings (SSSR count). The zero-order valence-corrected chi connectivity index (χ0v) is 27.7. The summed E-state index contributed by atoms with van der Waals surface area (Å²) < 4.78 is 10.3. The summed E-state index contributed by atoms with van der Waals surface area (Å²) in [6.45, 7) is 16.4.